The number of piperidine rings is 1. The fourth-order valence-electron chi connectivity index (χ4n) is 3.57. The van der Waals surface area contributed by atoms with Crippen LogP contribution in [-0.4, -0.2) is 47.6 Å². The summed E-state index contributed by atoms with van der Waals surface area (Å²) in [6, 6.07) is 12.6. The number of anilines is 1. The zero-order valence-corrected chi connectivity index (χ0v) is 19.0. The van der Waals surface area contributed by atoms with E-state index >= 15 is 0 Å². The maximum absolute atomic E-state index is 13.4. The number of halogens is 3. The van der Waals surface area contributed by atoms with Crippen molar-refractivity contribution in [1.82, 2.24) is 15.2 Å². The molecule has 172 valence electrons. The van der Waals surface area contributed by atoms with E-state index in [-0.39, 0.29) is 35.4 Å². The highest BCUT2D eigenvalue weighted by molar-refractivity contribution is 6.31. The molecule has 3 amide bonds. The molecule has 3 aromatic rings. The first-order valence-corrected chi connectivity index (χ1v) is 11.1. The van der Waals surface area contributed by atoms with E-state index in [4.69, 9.17) is 27.9 Å². The lowest BCUT2D eigenvalue weighted by Gasteiger charge is -2.32. The summed E-state index contributed by atoms with van der Waals surface area (Å²) in [5.74, 6) is -0.234. The molecule has 0 atom stereocenters. The number of fused-ring (bicyclic) bond motifs is 1. The summed E-state index contributed by atoms with van der Waals surface area (Å²) in [6.07, 6.45) is 1.22. The molecular weight excluding hydrogens is 470 g/mol. The van der Waals surface area contributed by atoms with Crippen molar-refractivity contribution in [2.24, 2.45) is 0 Å². The van der Waals surface area contributed by atoms with Crippen LogP contribution in [0, 0.1) is 5.82 Å². The number of nitrogens with zero attached hydrogens (tertiary/aromatic N) is 2. The van der Waals surface area contributed by atoms with Crippen molar-refractivity contribution in [3.05, 3.63) is 64.4 Å². The Bertz CT molecular complexity index is 1190. The van der Waals surface area contributed by atoms with Gasteiger partial charge in [0.25, 0.3) is 5.91 Å². The number of carbonyl (C=O) groups is 2. The molecule has 7 nitrogen and oxygen atoms in total. The van der Waals surface area contributed by atoms with Gasteiger partial charge in [0.1, 0.15) is 17.4 Å². The van der Waals surface area contributed by atoms with Gasteiger partial charge >= 0.3 is 6.03 Å². The van der Waals surface area contributed by atoms with E-state index in [0.29, 0.717) is 36.8 Å². The Morgan fingerprint density at radius 3 is 2.64 bits per heavy atom. The second-order valence-electron chi connectivity index (χ2n) is 7.66. The van der Waals surface area contributed by atoms with Crippen molar-refractivity contribution in [1.29, 1.82) is 0 Å². The zero-order chi connectivity index (χ0) is 23.4. The van der Waals surface area contributed by atoms with Gasteiger partial charge in [0.2, 0.25) is 0 Å². The molecule has 1 aliphatic heterocycles. The summed E-state index contributed by atoms with van der Waals surface area (Å²) in [5, 5.41) is 7.21. The van der Waals surface area contributed by atoms with Gasteiger partial charge in [-0.2, -0.15) is 0 Å². The number of likely N-dealkylation sites (tertiary alicyclic amines) is 1. The maximum Gasteiger partial charge on any atom is 0.323 e. The first kappa shape index (κ1) is 23.1. The normalized spacial score (nSPS) is 14.2. The van der Waals surface area contributed by atoms with Crippen LogP contribution in [-0.2, 0) is 4.79 Å². The van der Waals surface area contributed by atoms with Crippen molar-refractivity contribution < 1.29 is 18.7 Å². The van der Waals surface area contributed by atoms with Crippen LogP contribution in [0.15, 0.2) is 48.5 Å². The number of hydrogen-bond acceptors (Lipinski definition) is 4. The van der Waals surface area contributed by atoms with Crippen molar-refractivity contribution >= 4 is 51.9 Å². The highest BCUT2D eigenvalue weighted by atomic mass is 35.5. The number of aromatic nitrogens is 1. The van der Waals surface area contributed by atoms with Crippen LogP contribution in [0.3, 0.4) is 0 Å². The number of carbonyl (C=O) groups excluding carboxylic acids is 2. The van der Waals surface area contributed by atoms with E-state index < -0.39 is 5.82 Å². The third-order valence-corrected chi connectivity index (χ3v) is 5.84. The molecule has 4 rings (SSSR count). The summed E-state index contributed by atoms with van der Waals surface area (Å²) < 4.78 is 18.7. The lowest BCUT2D eigenvalue weighted by atomic mass is 10.1. The number of ether oxygens (including phenoxy) is 1. The van der Waals surface area contributed by atoms with Crippen LogP contribution in [0.1, 0.15) is 12.8 Å². The number of hydrogen-bond donors (Lipinski definition) is 2. The molecule has 2 N–H and O–H groups in total. The smallest absolute Gasteiger partial charge is 0.323 e. The van der Waals surface area contributed by atoms with Gasteiger partial charge in [-0.15, -0.1) is 0 Å². The van der Waals surface area contributed by atoms with E-state index in [1.807, 2.05) is 12.1 Å². The largest absolute Gasteiger partial charge is 0.484 e. The minimum Gasteiger partial charge on any atom is -0.484 e. The van der Waals surface area contributed by atoms with Gasteiger partial charge in [-0.1, -0.05) is 23.2 Å². The third kappa shape index (κ3) is 6.03. The Morgan fingerprint density at radius 1 is 1.09 bits per heavy atom. The summed E-state index contributed by atoms with van der Waals surface area (Å²) in [7, 11) is 0. The average Bonchev–Trinajstić information content (AvgIpc) is 2.80. The number of urea groups is 1. The van der Waals surface area contributed by atoms with Crippen LogP contribution >= 0.6 is 23.2 Å². The van der Waals surface area contributed by atoms with Crippen LogP contribution in [0.4, 0.5) is 15.0 Å². The number of pyridine rings is 1. The van der Waals surface area contributed by atoms with Gasteiger partial charge in [0.05, 0.1) is 10.5 Å². The fourth-order valence-corrected chi connectivity index (χ4v) is 3.86. The molecule has 0 aliphatic carbocycles. The molecule has 1 fully saturated rings. The van der Waals surface area contributed by atoms with Gasteiger partial charge in [0, 0.05) is 35.6 Å². The molecule has 0 unspecified atom stereocenters. The predicted octanol–water partition coefficient (Wildman–Crippen LogP) is 4.87. The Morgan fingerprint density at radius 2 is 1.88 bits per heavy atom. The number of nitrogens with one attached hydrogen (secondary N) is 2. The molecule has 33 heavy (non-hydrogen) atoms. The van der Waals surface area contributed by atoms with E-state index in [0.717, 1.165) is 17.0 Å². The van der Waals surface area contributed by atoms with Gasteiger partial charge in [-0.25, -0.2) is 14.2 Å². The molecule has 0 spiro atoms. The quantitative estimate of drug-likeness (QED) is 0.534. The molecule has 0 radical (unpaired) electrons. The summed E-state index contributed by atoms with van der Waals surface area (Å²) in [6.45, 7) is 0.743. The number of amides is 3. The Labute approximate surface area is 199 Å². The number of benzene rings is 2. The summed E-state index contributed by atoms with van der Waals surface area (Å²) in [4.78, 5) is 30.9. The Kier molecular flexibility index (Phi) is 7.15. The summed E-state index contributed by atoms with van der Waals surface area (Å²) >= 11 is 11.6. The second-order valence-corrected chi connectivity index (χ2v) is 8.50. The second kappa shape index (κ2) is 10.2. The van der Waals surface area contributed by atoms with Crippen molar-refractivity contribution in [2.45, 2.75) is 18.9 Å². The first-order valence-electron chi connectivity index (χ1n) is 10.4. The molecular formula is C23H21Cl2FN4O3. The summed E-state index contributed by atoms with van der Waals surface area (Å²) in [5.41, 5.74) is 0.738. The third-order valence-electron chi connectivity index (χ3n) is 5.29. The van der Waals surface area contributed by atoms with Crippen molar-refractivity contribution in [2.75, 3.05) is 25.0 Å². The maximum atomic E-state index is 13.4. The predicted molar refractivity (Wildman–Crippen MR) is 125 cm³/mol. The first-order chi connectivity index (χ1) is 15.9. The monoisotopic (exact) mass is 490 g/mol. The minimum absolute atomic E-state index is 0.0103. The molecule has 1 saturated heterocycles. The van der Waals surface area contributed by atoms with E-state index in [1.54, 1.807) is 23.1 Å². The average molecular weight is 491 g/mol. The van der Waals surface area contributed by atoms with E-state index in [1.165, 1.54) is 12.1 Å². The SMILES string of the molecule is O=C(COc1ccc(Cl)c(F)c1)NC1CCN(C(=O)Nc2ccc3cc(Cl)ccc3n2)CC1. The fraction of sp³-hybridized carbons (Fsp3) is 0.261. The molecule has 0 bridgehead atoms. The molecule has 2 heterocycles. The molecule has 1 aliphatic rings. The van der Waals surface area contributed by atoms with Gasteiger partial charge in [-0.3, -0.25) is 10.1 Å². The molecule has 1 aromatic heterocycles. The van der Waals surface area contributed by atoms with Crippen molar-refractivity contribution in [3.8, 4) is 5.75 Å². The zero-order valence-electron chi connectivity index (χ0n) is 17.5. The lowest BCUT2D eigenvalue weighted by Crippen LogP contribution is -2.48. The van der Waals surface area contributed by atoms with Crippen molar-refractivity contribution in [3.63, 3.8) is 0 Å². The number of rotatable bonds is 5. The lowest BCUT2D eigenvalue weighted by molar-refractivity contribution is -0.124. The van der Waals surface area contributed by atoms with Gasteiger partial charge < -0.3 is 15.0 Å². The molecule has 10 heteroatoms. The highest BCUT2D eigenvalue weighted by Gasteiger charge is 2.24. The van der Waals surface area contributed by atoms with Crippen LogP contribution in [0.2, 0.25) is 10.0 Å². The highest BCUT2D eigenvalue weighted by Crippen LogP contribution is 2.21. The van der Waals surface area contributed by atoms with Gasteiger partial charge in [0.15, 0.2) is 6.61 Å². The van der Waals surface area contributed by atoms with E-state index in [9.17, 15) is 14.0 Å². The van der Waals surface area contributed by atoms with Crippen LogP contribution in [0.25, 0.3) is 10.9 Å². The minimum atomic E-state index is -0.608. The standard InChI is InChI=1S/C23H21Cl2FN4O3/c24-15-2-5-20-14(11-15)1-6-21(28-20)29-23(32)30-9-7-16(8-10-30)27-22(31)13-33-17-3-4-18(25)19(26)12-17/h1-6,11-12,16H,7-10,13H2,(H,27,31)(H,28,29,32). The Balaban J connectivity index is 1.22. The van der Waals surface area contributed by atoms with Crippen LogP contribution in [0.5, 0.6) is 5.75 Å². The topological polar surface area (TPSA) is 83.6 Å². The molecule has 0 saturated carbocycles. The Hall–Kier alpha value is -3.10. The van der Waals surface area contributed by atoms with Gasteiger partial charge in [-0.05, 0) is 55.3 Å². The van der Waals surface area contributed by atoms with E-state index in [2.05, 4.69) is 15.6 Å². The van der Waals surface area contributed by atoms with Crippen LogP contribution < -0.4 is 15.4 Å². The molecule has 2 aromatic carbocycles.